The Labute approximate surface area is 151 Å². The molecule has 1 unspecified atom stereocenters. The van der Waals surface area contributed by atoms with Crippen molar-refractivity contribution in [3.63, 3.8) is 0 Å². The van der Waals surface area contributed by atoms with Crippen LogP contribution in [0.5, 0.6) is 0 Å². The predicted molar refractivity (Wildman–Crippen MR) is 100 cm³/mol. The highest BCUT2D eigenvalue weighted by molar-refractivity contribution is 7.78. The first-order valence-corrected chi connectivity index (χ1v) is 9.16. The van der Waals surface area contributed by atoms with Gasteiger partial charge >= 0.3 is 0 Å². The first-order valence-electron chi connectivity index (χ1n) is 7.92. The van der Waals surface area contributed by atoms with Crippen LogP contribution in [0.4, 0.5) is 0 Å². The van der Waals surface area contributed by atoms with Crippen molar-refractivity contribution in [1.29, 1.82) is 0 Å². The van der Waals surface area contributed by atoms with Gasteiger partial charge in [0.25, 0.3) is 0 Å². The van der Waals surface area contributed by atoms with Crippen LogP contribution in [-0.4, -0.2) is 23.5 Å². The molecular formula is C19H14N3O3S-. The van der Waals surface area contributed by atoms with E-state index in [4.69, 9.17) is 0 Å². The van der Waals surface area contributed by atoms with Crippen LogP contribution in [0.3, 0.4) is 0 Å². The summed E-state index contributed by atoms with van der Waals surface area (Å²) in [5.41, 5.74) is 2.68. The van der Waals surface area contributed by atoms with Gasteiger partial charge in [-0.15, -0.1) is 0 Å². The van der Waals surface area contributed by atoms with Gasteiger partial charge in [-0.3, -0.25) is 18.7 Å². The maximum Gasteiger partial charge on any atom is 0.195 e. The summed E-state index contributed by atoms with van der Waals surface area (Å²) in [7, 11) is 1.83. The van der Waals surface area contributed by atoms with Crippen LogP contribution in [0.2, 0.25) is 0 Å². The number of benzene rings is 1. The molecule has 26 heavy (non-hydrogen) atoms. The highest BCUT2D eigenvalue weighted by atomic mass is 32.2. The Balaban J connectivity index is 1.99. The molecule has 0 amide bonds. The van der Waals surface area contributed by atoms with Crippen LogP contribution in [0.15, 0.2) is 59.8 Å². The molecule has 0 aliphatic rings. The van der Waals surface area contributed by atoms with Crippen LogP contribution >= 0.6 is 0 Å². The summed E-state index contributed by atoms with van der Waals surface area (Å²) in [4.78, 5) is 17.5. The van der Waals surface area contributed by atoms with E-state index in [0.717, 1.165) is 16.5 Å². The summed E-state index contributed by atoms with van der Waals surface area (Å²) in [5, 5.41) is 5.86. The van der Waals surface area contributed by atoms with Crippen molar-refractivity contribution in [2.24, 2.45) is 7.05 Å². The Hall–Kier alpha value is -2.90. The van der Waals surface area contributed by atoms with Crippen LogP contribution < -0.4 is 5.43 Å². The Morgan fingerprint density at radius 1 is 1.08 bits per heavy atom. The molecule has 0 aliphatic carbocycles. The molecule has 0 saturated carbocycles. The normalized spacial score (nSPS) is 12.5. The van der Waals surface area contributed by atoms with Crippen molar-refractivity contribution in [2.75, 3.05) is 0 Å². The Kier molecular flexibility index (Phi) is 4.10. The topological polar surface area (TPSA) is 87.9 Å². The molecule has 0 N–H and O–H groups in total. The molecule has 0 radical (unpaired) electrons. The van der Waals surface area contributed by atoms with Gasteiger partial charge in [0, 0.05) is 47.1 Å². The number of hydrogen-bond donors (Lipinski definition) is 0. The maximum atomic E-state index is 13.1. The van der Waals surface area contributed by atoms with E-state index in [0.29, 0.717) is 21.9 Å². The summed E-state index contributed by atoms with van der Waals surface area (Å²) in [6.07, 6.45) is 5.29. The minimum atomic E-state index is -2.21. The van der Waals surface area contributed by atoms with E-state index in [-0.39, 0.29) is 11.2 Å². The molecule has 0 aliphatic heterocycles. The van der Waals surface area contributed by atoms with Crippen molar-refractivity contribution >= 4 is 32.8 Å². The lowest BCUT2D eigenvalue weighted by Crippen LogP contribution is -2.01. The molecule has 130 valence electrons. The zero-order chi connectivity index (χ0) is 18.3. The quantitative estimate of drug-likeness (QED) is 0.521. The first-order chi connectivity index (χ1) is 12.5. The van der Waals surface area contributed by atoms with Crippen LogP contribution in [0.25, 0.3) is 32.8 Å². The molecule has 1 atom stereocenters. The van der Waals surface area contributed by atoms with Gasteiger partial charge in [0.2, 0.25) is 0 Å². The second-order valence-corrected chi connectivity index (χ2v) is 6.99. The molecule has 0 spiro atoms. The van der Waals surface area contributed by atoms with Crippen molar-refractivity contribution < 1.29 is 8.76 Å². The van der Waals surface area contributed by atoms with Gasteiger partial charge in [0.05, 0.1) is 11.7 Å². The second kappa shape index (κ2) is 6.44. The first kappa shape index (κ1) is 16.6. The minimum Gasteiger partial charge on any atom is -0.772 e. The number of nitrogens with zero attached hydrogens (tertiary/aromatic N) is 3. The fourth-order valence-corrected chi connectivity index (χ4v) is 3.45. The number of fused-ring (bicyclic) bond motifs is 2. The molecule has 6 nitrogen and oxygen atoms in total. The highest BCUT2D eigenvalue weighted by Gasteiger charge is 2.08. The zero-order valence-corrected chi connectivity index (χ0v) is 14.7. The SMILES string of the molecule is Cn1cc(-c2cnc3ccc4ccc(CS(=O)[O-])cc4c(=O)c3c2)cn1. The van der Waals surface area contributed by atoms with E-state index in [9.17, 15) is 13.6 Å². The van der Waals surface area contributed by atoms with Crippen molar-refractivity contribution in [2.45, 2.75) is 5.75 Å². The van der Waals surface area contributed by atoms with E-state index in [2.05, 4.69) is 10.1 Å². The van der Waals surface area contributed by atoms with E-state index < -0.39 is 11.1 Å². The standard InChI is InChI=1S/C19H15N3O3S/c1-22-10-15(9-21-22)14-7-17-18(20-8-14)5-4-13-3-2-12(11-26(24)25)6-16(13)19(17)23/h2-10H,11H2,1H3,(H,24,25)/p-1. The molecule has 0 bridgehead atoms. The molecule has 0 saturated heterocycles. The van der Waals surface area contributed by atoms with Gasteiger partial charge in [0.15, 0.2) is 5.43 Å². The van der Waals surface area contributed by atoms with Gasteiger partial charge in [-0.2, -0.15) is 5.10 Å². The van der Waals surface area contributed by atoms with Crippen molar-refractivity contribution in [3.8, 4) is 11.1 Å². The molecule has 2 aromatic heterocycles. The second-order valence-electron chi connectivity index (χ2n) is 6.09. The molecule has 7 heteroatoms. The summed E-state index contributed by atoms with van der Waals surface area (Å²) >= 11 is -2.21. The van der Waals surface area contributed by atoms with Crippen LogP contribution in [-0.2, 0) is 23.9 Å². The predicted octanol–water partition coefficient (Wildman–Crippen LogP) is 2.53. The van der Waals surface area contributed by atoms with E-state index in [1.54, 1.807) is 47.4 Å². The van der Waals surface area contributed by atoms with Crippen molar-refractivity contribution in [3.05, 3.63) is 70.8 Å². The smallest absolute Gasteiger partial charge is 0.195 e. The van der Waals surface area contributed by atoms with E-state index in [1.165, 1.54) is 0 Å². The summed E-state index contributed by atoms with van der Waals surface area (Å²) in [6.45, 7) is 0. The average molecular weight is 364 g/mol. The minimum absolute atomic E-state index is 0.120. The third-order valence-electron chi connectivity index (χ3n) is 4.27. The molecular weight excluding hydrogens is 350 g/mol. The molecule has 2 aromatic carbocycles. The van der Waals surface area contributed by atoms with Gasteiger partial charge in [-0.1, -0.05) is 29.3 Å². The van der Waals surface area contributed by atoms with Crippen molar-refractivity contribution in [1.82, 2.24) is 14.8 Å². The Morgan fingerprint density at radius 3 is 2.62 bits per heavy atom. The lowest BCUT2D eigenvalue weighted by Gasteiger charge is -2.05. The summed E-state index contributed by atoms with van der Waals surface area (Å²) in [5.74, 6) is -0.120. The third kappa shape index (κ3) is 3.02. The van der Waals surface area contributed by atoms with Crippen LogP contribution in [0.1, 0.15) is 5.56 Å². The summed E-state index contributed by atoms with van der Waals surface area (Å²) < 4.78 is 23.6. The Bertz CT molecular complexity index is 1230. The van der Waals surface area contributed by atoms with Gasteiger partial charge < -0.3 is 4.55 Å². The Morgan fingerprint density at radius 2 is 1.88 bits per heavy atom. The van der Waals surface area contributed by atoms with Gasteiger partial charge in [-0.25, -0.2) is 0 Å². The van der Waals surface area contributed by atoms with E-state index >= 15 is 0 Å². The zero-order valence-electron chi connectivity index (χ0n) is 13.9. The molecule has 0 fully saturated rings. The number of rotatable bonds is 3. The monoisotopic (exact) mass is 364 g/mol. The lowest BCUT2D eigenvalue weighted by atomic mass is 10.1. The fourth-order valence-electron chi connectivity index (χ4n) is 3.00. The van der Waals surface area contributed by atoms with Gasteiger partial charge in [0.1, 0.15) is 0 Å². The third-order valence-corrected chi connectivity index (χ3v) is 4.84. The fraction of sp³-hybridized carbons (Fsp3) is 0.105. The summed E-state index contributed by atoms with van der Waals surface area (Å²) in [6, 6.07) is 10.6. The molecule has 4 rings (SSSR count). The van der Waals surface area contributed by atoms with Gasteiger partial charge in [-0.05, 0) is 29.1 Å². The van der Waals surface area contributed by atoms with E-state index in [1.807, 2.05) is 19.3 Å². The number of pyridine rings is 1. The average Bonchev–Trinajstić information content (AvgIpc) is 3.00. The maximum absolute atomic E-state index is 13.1. The van der Waals surface area contributed by atoms with Crippen LogP contribution in [0, 0.1) is 0 Å². The number of hydrogen-bond acceptors (Lipinski definition) is 5. The highest BCUT2D eigenvalue weighted by Crippen LogP contribution is 2.22. The largest absolute Gasteiger partial charge is 0.772 e. The number of aryl methyl sites for hydroxylation is 1. The molecule has 2 heterocycles. The lowest BCUT2D eigenvalue weighted by molar-refractivity contribution is 0.536. The molecule has 4 aromatic rings. The number of aromatic nitrogens is 3.